The molecule has 0 unspecified atom stereocenters. The molecule has 0 amide bonds. The normalized spacial score (nSPS) is 18.9. The van der Waals surface area contributed by atoms with Crippen LogP contribution in [-0.2, 0) is 6.42 Å². The van der Waals surface area contributed by atoms with Gasteiger partial charge in [0.2, 0.25) is 0 Å². The average Bonchev–Trinajstić information content (AvgIpc) is 2.22. The lowest BCUT2D eigenvalue weighted by molar-refractivity contribution is 0.00449. The van der Waals surface area contributed by atoms with Crippen molar-refractivity contribution < 1.29 is 5.11 Å². The molecule has 1 nitrogen and oxygen atoms in total. The van der Waals surface area contributed by atoms with Gasteiger partial charge >= 0.3 is 0 Å². The molecule has 0 saturated heterocycles. The molecule has 90 valence electrons. The van der Waals surface area contributed by atoms with E-state index in [1.807, 2.05) is 0 Å². The Hall–Kier alpha value is -0.530. The first-order valence-electron chi connectivity index (χ1n) is 5.96. The first-order valence-corrected chi connectivity index (χ1v) is 5.96. The maximum Gasteiger partial charge on any atom is 0.0688 e. The summed E-state index contributed by atoms with van der Waals surface area (Å²) in [5.41, 5.74) is 2.13. The zero-order chi connectivity index (χ0) is 10.7. The van der Waals surface area contributed by atoms with Gasteiger partial charge in [0, 0.05) is 6.42 Å². The van der Waals surface area contributed by atoms with Gasteiger partial charge in [-0.05, 0) is 25.3 Å². The molecule has 0 aromatic heterocycles. The summed E-state index contributed by atoms with van der Waals surface area (Å²) < 4.78 is 0. The van der Waals surface area contributed by atoms with Crippen molar-refractivity contribution in [1.29, 1.82) is 0 Å². The van der Waals surface area contributed by atoms with E-state index >= 15 is 0 Å². The summed E-state index contributed by atoms with van der Waals surface area (Å²) in [5, 5.41) is 10.4. The maximum atomic E-state index is 10.4. The molecule has 16 heavy (non-hydrogen) atoms. The van der Waals surface area contributed by atoms with Crippen LogP contribution in [0.4, 0.5) is 0 Å². The molecule has 1 aromatic rings. The van der Waals surface area contributed by atoms with Crippen LogP contribution in [0.1, 0.15) is 43.2 Å². The highest BCUT2D eigenvalue weighted by molar-refractivity contribution is 5.85. The van der Waals surface area contributed by atoms with Gasteiger partial charge in [-0.15, -0.1) is 12.4 Å². The Labute approximate surface area is 104 Å². The van der Waals surface area contributed by atoms with Crippen molar-refractivity contribution in [2.75, 3.05) is 0 Å². The molecule has 1 fully saturated rings. The molecule has 1 saturated carbocycles. The Morgan fingerprint density at radius 3 is 2.19 bits per heavy atom. The van der Waals surface area contributed by atoms with Crippen LogP contribution >= 0.6 is 12.4 Å². The lowest BCUT2D eigenvalue weighted by atomic mass is 9.80. The van der Waals surface area contributed by atoms with E-state index in [4.69, 9.17) is 0 Å². The maximum absolute atomic E-state index is 10.4. The fourth-order valence-electron chi connectivity index (χ4n) is 2.47. The smallest absolute Gasteiger partial charge is 0.0688 e. The minimum absolute atomic E-state index is 0. The average molecular weight is 241 g/mol. The summed E-state index contributed by atoms with van der Waals surface area (Å²) in [4.78, 5) is 0. The minimum atomic E-state index is -0.423. The van der Waals surface area contributed by atoms with E-state index in [-0.39, 0.29) is 12.4 Å². The third-order valence-electron chi connectivity index (χ3n) is 3.44. The molecule has 0 atom stereocenters. The standard InChI is InChI=1S/C14H20O.ClH/c1-12-5-7-13(8-6-12)11-14(15)9-3-2-4-10-14;/h5-8,15H,2-4,9-11H2,1H3;1H. The highest BCUT2D eigenvalue weighted by Gasteiger charge is 2.28. The number of aliphatic hydroxyl groups is 1. The number of halogens is 1. The van der Waals surface area contributed by atoms with Crippen LogP contribution in [0.15, 0.2) is 24.3 Å². The van der Waals surface area contributed by atoms with Crippen molar-refractivity contribution in [3.63, 3.8) is 0 Å². The molecule has 2 rings (SSSR count). The van der Waals surface area contributed by atoms with E-state index in [2.05, 4.69) is 31.2 Å². The molecule has 1 aliphatic rings. The van der Waals surface area contributed by atoms with Crippen LogP contribution in [-0.4, -0.2) is 10.7 Å². The van der Waals surface area contributed by atoms with Crippen LogP contribution in [0.5, 0.6) is 0 Å². The molecule has 0 bridgehead atoms. The number of benzene rings is 1. The highest BCUT2D eigenvalue weighted by Crippen LogP contribution is 2.31. The number of aryl methyl sites for hydroxylation is 1. The van der Waals surface area contributed by atoms with Crippen LogP contribution in [0.3, 0.4) is 0 Å². The molecular formula is C14H21ClO. The number of hydrogen-bond donors (Lipinski definition) is 1. The second-order valence-corrected chi connectivity index (χ2v) is 4.95. The minimum Gasteiger partial charge on any atom is -0.390 e. The van der Waals surface area contributed by atoms with E-state index in [1.54, 1.807) is 0 Å². The molecule has 0 spiro atoms. The van der Waals surface area contributed by atoms with Crippen LogP contribution in [0, 0.1) is 6.92 Å². The predicted octanol–water partition coefficient (Wildman–Crippen LogP) is 3.65. The summed E-state index contributed by atoms with van der Waals surface area (Å²) >= 11 is 0. The van der Waals surface area contributed by atoms with Gasteiger partial charge < -0.3 is 5.11 Å². The van der Waals surface area contributed by atoms with Gasteiger partial charge in [-0.25, -0.2) is 0 Å². The number of rotatable bonds is 2. The molecule has 1 aromatic carbocycles. The van der Waals surface area contributed by atoms with Gasteiger partial charge in [0.15, 0.2) is 0 Å². The van der Waals surface area contributed by atoms with Gasteiger partial charge in [-0.1, -0.05) is 49.1 Å². The monoisotopic (exact) mass is 240 g/mol. The van der Waals surface area contributed by atoms with Crippen LogP contribution in [0.25, 0.3) is 0 Å². The largest absolute Gasteiger partial charge is 0.390 e. The Kier molecular flexibility index (Phi) is 4.82. The van der Waals surface area contributed by atoms with Crippen molar-refractivity contribution in [2.45, 2.75) is 51.0 Å². The zero-order valence-corrected chi connectivity index (χ0v) is 10.7. The van der Waals surface area contributed by atoms with Gasteiger partial charge in [-0.3, -0.25) is 0 Å². The van der Waals surface area contributed by atoms with Gasteiger partial charge in [0.1, 0.15) is 0 Å². The van der Waals surface area contributed by atoms with E-state index < -0.39 is 5.60 Å². The van der Waals surface area contributed by atoms with Crippen molar-refractivity contribution in [3.8, 4) is 0 Å². The summed E-state index contributed by atoms with van der Waals surface area (Å²) in [6.07, 6.45) is 6.43. The third kappa shape index (κ3) is 3.50. The van der Waals surface area contributed by atoms with Crippen molar-refractivity contribution in [3.05, 3.63) is 35.4 Å². The first-order chi connectivity index (χ1) is 7.18. The van der Waals surface area contributed by atoms with Gasteiger partial charge in [0.25, 0.3) is 0 Å². The highest BCUT2D eigenvalue weighted by atomic mass is 35.5. The number of hydrogen-bond acceptors (Lipinski definition) is 1. The lowest BCUT2D eigenvalue weighted by Crippen LogP contribution is -2.33. The zero-order valence-electron chi connectivity index (χ0n) is 9.91. The quantitative estimate of drug-likeness (QED) is 0.837. The van der Waals surface area contributed by atoms with E-state index in [0.29, 0.717) is 0 Å². The molecular weight excluding hydrogens is 220 g/mol. The lowest BCUT2D eigenvalue weighted by Gasteiger charge is -2.32. The molecule has 0 aliphatic heterocycles. The Morgan fingerprint density at radius 2 is 1.62 bits per heavy atom. The van der Waals surface area contributed by atoms with Gasteiger partial charge in [0.05, 0.1) is 5.60 Å². The first kappa shape index (κ1) is 13.5. The molecule has 0 radical (unpaired) electrons. The SMILES string of the molecule is Cc1ccc(CC2(O)CCCCC2)cc1.Cl. The van der Waals surface area contributed by atoms with E-state index in [9.17, 15) is 5.11 Å². The fourth-order valence-corrected chi connectivity index (χ4v) is 2.47. The fraction of sp³-hybridized carbons (Fsp3) is 0.571. The second kappa shape index (κ2) is 5.70. The molecule has 2 heteroatoms. The Balaban J connectivity index is 0.00000128. The molecule has 1 aliphatic carbocycles. The topological polar surface area (TPSA) is 20.2 Å². The predicted molar refractivity (Wildman–Crippen MR) is 70.2 cm³/mol. The summed E-state index contributed by atoms with van der Waals surface area (Å²) in [7, 11) is 0. The van der Waals surface area contributed by atoms with E-state index in [0.717, 1.165) is 19.3 Å². The van der Waals surface area contributed by atoms with Crippen LogP contribution < -0.4 is 0 Å². The van der Waals surface area contributed by atoms with Crippen LogP contribution in [0.2, 0.25) is 0 Å². The van der Waals surface area contributed by atoms with E-state index in [1.165, 1.54) is 30.4 Å². The summed E-state index contributed by atoms with van der Waals surface area (Å²) in [6, 6.07) is 8.53. The summed E-state index contributed by atoms with van der Waals surface area (Å²) in [5.74, 6) is 0. The Bertz CT molecular complexity index is 312. The van der Waals surface area contributed by atoms with Crippen molar-refractivity contribution in [1.82, 2.24) is 0 Å². The Morgan fingerprint density at radius 1 is 1.06 bits per heavy atom. The van der Waals surface area contributed by atoms with Crippen molar-refractivity contribution >= 4 is 12.4 Å². The van der Waals surface area contributed by atoms with Gasteiger partial charge in [-0.2, -0.15) is 0 Å². The molecule has 1 N–H and O–H groups in total. The second-order valence-electron chi connectivity index (χ2n) is 4.95. The molecule has 0 heterocycles. The van der Waals surface area contributed by atoms with Crippen molar-refractivity contribution in [2.24, 2.45) is 0 Å². The third-order valence-corrected chi connectivity index (χ3v) is 3.44. The summed E-state index contributed by atoms with van der Waals surface area (Å²) in [6.45, 7) is 2.10.